The Hall–Kier alpha value is -4.51. The fourth-order valence-electron chi connectivity index (χ4n) is 3.27. The van der Waals surface area contributed by atoms with Crippen molar-refractivity contribution in [2.75, 3.05) is 0 Å². The maximum absolute atomic E-state index is 12.7. The first-order chi connectivity index (χ1) is 20.1. The van der Waals surface area contributed by atoms with Crippen molar-refractivity contribution >= 4 is 14.5 Å². The number of halogens is 14. The SMILES string of the molecule is FC(F)(F)Oc1ccc(-[n+]2ccc(-c3cc[n+](-c4ccccc4OC(F)(F)F)cc3)cc2)cc1.F[B-](F)(F)F.F[B-](F)(F)F. The summed E-state index contributed by atoms with van der Waals surface area (Å²) in [6.45, 7) is 0. The van der Waals surface area contributed by atoms with Crippen LogP contribution in [-0.4, -0.2) is 27.2 Å². The lowest BCUT2D eigenvalue weighted by Gasteiger charge is -2.10. The minimum absolute atomic E-state index is 0.232. The third kappa shape index (κ3) is 14.6. The van der Waals surface area contributed by atoms with E-state index in [2.05, 4.69) is 9.47 Å². The number of para-hydroxylation sites is 2. The zero-order valence-corrected chi connectivity index (χ0v) is 21.4. The Kier molecular flexibility index (Phi) is 11.6. The van der Waals surface area contributed by atoms with E-state index in [9.17, 15) is 60.9 Å². The van der Waals surface area contributed by atoms with Gasteiger partial charge < -0.3 is 44.0 Å². The third-order valence-corrected chi connectivity index (χ3v) is 4.73. The van der Waals surface area contributed by atoms with Crippen molar-refractivity contribution < 1.29 is 79.5 Å². The van der Waals surface area contributed by atoms with Gasteiger partial charge in [0.25, 0.3) is 5.69 Å². The van der Waals surface area contributed by atoms with Crippen molar-refractivity contribution in [3.05, 3.63) is 97.6 Å². The van der Waals surface area contributed by atoms with Gasteiger partial charge in [-0.3, -0.25) is 0 Å². The van der Waals surface area contributed by atoms with Crippen LogP contribution in [0.2, 0.25) is 0 Å². The van der Waals surface area contributed by atoms with Crippen molar-refractivity contribution in [2.45, 2.75) is 12.7 Å². The molecule has 20 heteroatoms. The monoisotopic (exact) mass is 652 g/mol. The van der Waals surface area contributed by atoms with E-state index in [0.29, 0.717) is 5.69 Å². The van der Waals surface area contributed by atoms with Crippen LogP contribution in [0.25, 0.3) is 22.5 Å². The lowest BCUT2D eigenvalue weighted by atomic mass is 10.1. The molecule has 0 saturated carbocycles. The van der Waals surface area contributed by atoms with Crippen molar-refractivity contribution in [3.8, 4) is 34.0 Å². The van der Waals surface area contributed by atoms with Crippen molar-refractivity contribution in [2.24, 2.45) is 0 Å². The summed E-state index contributed by atoms with van der Waals surface area (Å²) in [5.41, 5.74) is 2.51. The quantitative estimate of drug-likeness (QED) is 0.123. The number of nitrogens with zero attached hydrogens (tertiary/aromatic N) is 2. The minimum Gasteiger partial charge on any atom is -0.418 e. The molecule has 0 aliphatic heterocycles. The second-order valence-electron chi connectivity index (χ2n) is 8.04. The number of hydrogen-bond donors (Lipinski definition) is 0. The van der Waals surface area contributed by atoms with Crippen LogP contribution in [0, 0.1) is 0 Å². The molecule has 44 heavy (non-hydrogen) atoms. The molecule has 0 aliphatic rings. The summed E-state index contributed by atoms with van der Waals surface area (Å²) in [6, 6.07) is 18.3. The van der Waals surface area contributed by atoms with Crippen LogP contribution in [-0.2, 0) is 0 Å². The van der Waals surface area contributed by atoms with Crippen LogP contribution >= 0.6 is 0 Å². The fraction of sp³-hybridized carbons (Fsp3) is 0.0833. The summed E-state index contributed by atoms with van der Waals surface area (Å²) in [5, 5.41) is 0. The van der Waals surface area contributed by atoms with Gasteiger partial charge in [0.2, 0.25) is 11.4 Å². The average Bonchev–Trinajstić information content (AvgIpc) is 2.86. The van der Waals surface area contributed by atoms with E-state index in [1.807, 2.05) is 0 Å². The highest BCUT2D eigenvalue weighted by Crippen LogP contribution is 2.27. The Balaban J connectivity index is 0.000000586. The number of benzene rings is 2. The Morgan fingerprint density at radius 3 is 1.27 bits per heavy atom. The molecule has 4 nitrogen and oxygen atoms in total. The van der Waals surface area contributed by atoms with Crippen molar-refractivity contribution in [3.63, 3.8) is 0 Å². The second-order valence-corrected chi connectivity index (χ2v) is 8.04. The maximum Gasteiger partial charge on any atom is 0.673 e. The van der Waals surface area contributed by atoms with Gasteiger partial charge in [-0.25, -0.2) is 0 Å². The molecule has 0 amide bonds. The molecular formula is C24H16B2F14N2O2. The van der Waals surface area contributed by atoms with E-state index in [-0.39, 0.29) is 17.2 Å². The molecule has 4 aromatic rings. The molecule has 4 rings (SSSR count). The van der Waals surface area contributed by atoms with E-state index in [1.165, 1.54) is 47.0 Å². The van der Waals surface area contributed by atoms with E-state index in [1.54, 1.807) is 59.7 Å². The number of hydrogen-bond acceptors (Lipinski definition) is 2. The van der Waals surface area contributed by atoms with E-state index in [4.69, 9.17) is 0 Å². The third-order valence-electron chi connectivity index (χ3n) is 4.73. The summed E-state index contributed by atoms with van der Waals surface area (Å²) in [5.74, 6) is -0.631. The number of ether oxygens (including phenoxy) is 2. The molecule has 0 radical (unpaired) electrons. The molecule has 0 atom stereocenters. The summed E-state index contributed by atoms with van der Waals surface area (Å²) >= 11 is 0. The van der Waals surface area contributed by atoms with Gasteiger partial charge >= 0.3 is 27.2 Å². The summed E-state index contributed by atoms with van der Waals surface area (Å²) in [4.78, 5) is 0. The fourth-order valence-corrected chi connectivity index (χ4v) is 3.27. The van der Waals surface area contributed by atoms with Crippen LogP contribution in [0.5, 0.6) is 11.5 Å². The summed E-state index contributed by atoms with van der Waals surface area (Å²) < 4.78 is 164. The average molecular weight is 652 g/mol. The zero-order chi connectivity index (χ0) is 33.3. The van der Waals surface area contributed by atoms with Gasteiger partial charge in [-0.2, -0.15) is 9.13 Å². The molecule has 0 saturated heterocycles. The number of rotatable bonds is 5. The minimum atomic E-state index is -6.00. The lowest BCUT2D eigenvalue weighted by Crippen LogP contribution is -2.31. The molecule has 0 N–H and O–H groups in total. The Morgan fingerprint density at radius 2 is 0.864 bits per heavy atom. The maximum atomic E-state index is 12.7. The van der Waals surface area contributed by atoms with Gasteiger partial charge in [0.1, 0.15) is 5.75 Å². The molecule has 0 bridgehead atoms. The number of aromatic nitrogens is 2. The van der Waals surface area contributed by atoms with Gasteiger partial charge in [-0.05, 0) is 29.3 Å². The normalized spacial score (nSPS) is 11.9. The lowest BCUT2D eigenvalue weighted by molar-refractivity contribution is -0.596. The molecule has 0 fully saturated rings. The standard InChI is InChI=1S/C24H16F6N2O2.2BF4/c25-23(26,27)33-20-7-5-19(6-8-20)31-13-9-17(10-14-31)18-11-15-32(16-12-18)21-3-1-2-4-22(21)34-24(28,29)30;2*2-1(3,4)5/h1-16H;;/q+2;2*-1. The number of alkyl halides is 6. The highest BCUT2D eigenvalue weighted by Gasteiger charge is 2.34. The van der Waals surface area contributed by atoms with Crippen molar-refractivity contribution in [1.29, 1.82) is 0 Å². The molecule has 0 unspecified atom stereocenters. The van der Waals surface area contributed by atoms with Gasteiger partial charge in [0.05, 0.1) is 0 Å². The Morgan fingerprint density at radius 1 is 0.477 bits per heavy atom. The van der Waals surface area contributed by atoms with Gasteiger partial charge in [0.15, 0.2) is 24.8 Å². The molecular weight excluding hydrogens is 636 g/mol. The smallest absolute Gasteiger partial charge is 0.418 e. The molecule has 238 valence electrons. The van der Waals surface area contributed by atoms with Gasteiger partial charge in [-0.15, -0.1) is 26.3 Å². The highest BCUT2D eigenvalue weighted by molar-refractivity contribution is 6.50. The largest absolute Gasteiger partial charge is 0.673 e. The second kappa shape index (κ2) is 14.3. The predicted octanol–water partition coefficient (Wildman–Crippen LogP) is 8.30. The van der Waals surface area contributed by atoms with E-state index in [0.717, 1.165) is 11.1 Å². The Labute approximate surface area is 238 Å². The summed E-state index contributed by atoms with van der Waals surface area (Å²) in [6.07, 6.45) is -2.84. The van der Waals surface area contributed by atoms with Crippen molar-refractivity contribution in [1.82, 2.24) is 0 Å². The first-order valence-corrected chi connectivity index (χ1v) is 11.6. The molecule has 0 aliphatic carbocycles. The molecule has 2 heterocycles. The van der Waals surface area contributed by atoms with E-state index < -0.39 is 27.2 Å². The molecule has 2 aromatic heterocycles. The zero-order valence-electron chi connectivity index (χ0n) is 21.4. The van der Waals surface area contributed by atoms with Crippen LogP contribution in [0.4, 0.5) is 60.9 Å². The topological polar surface area (TPSA) is 26.2 Å². The van der Waals surface area contributed by atoms with Crippen LogP contribution in [0.1, 0.15) is 0 Å². The van der Waals surface area contributed by atoms with Gasteiger partial charge in [-0.1, -0.05) is 12.1 Å². The van der Waals surface area contributed by atoms with Crippen LogP contribution < -0.4 is 18.6 Å². The first-order valence-electron chi connectivity index (χ1n) is 11.6. The van der Waals surface area contributed by atoms with Crippen LogP contribution in [0.3, 0.4) is 0 Å². The Bertz CT molecular complexity index is 1430. The predicted molar refractivity (Wildman–Crippen MR) is 129 cm³/mol. The molecule has 0 spiro atoms. The number of pyridine rings is 2. The first kappa shape index (κ1) is 35.7. The van der Waals surface area contributed by atoms with E-state index >= 15 is 0 Å². The summed E-state index contributed by atoms with van der Waals surface area (Å²) in [7, 11) is -12.0. The van der Waals surface area contributed by atoms with Gasteiger partial charge in [0, 0.05) is 42.5 Å². The molecule has 2 aromatic carbocycles. The van der Waals surface area contributed by atoms with Crippen LogP contribution in [0.15, 0.2) is 97.6 Å². The highest BCUT2D eigenvalue weighted by atomic mass is 19.5.